The van der Waals surface area contributed by atoms with Crippen molar-refractivity contribution in [2.75, 3.05) is 5.73 Å². The lowest BCUT2D eigenvalue weighted by Gasteiger charge is -2.06. The molecule has 2 N–H and O–H groups in total. The molecule has 94 valence electrons. The van der Waals surface area contributed by atoms with Crippen LogP contribution in [0.1, 0.15) is 5.56 Å². The molecule has 19 heavy (non-hydrogen) atoms. The van der Waals surface area contributed by atoms with Gasteiger partial charge >= 0.3 is 0 Å². The normalized spacial score (nSPS) is 10.8. The van der Waals surface area contributed by atoms with Gasteiger partial charge in [0.05, 0.1) is 0 Å². The second-order valence-corrected chi connectivity index (χ2v) is 5.78. The zero-order chi connectivity index (χ0) is 13.2. The molecular formula is C17H15NS. The maximum Gasteiger partial charge on any atom is 0.0344 e. The number of anilines is 1. The van der Waals surface area contributed by atoms with E-state index in [1.165, 1.54) is 20.6 Å². The lowest BCUT2D eigenvalue weighted by molar-refractivity contribution is 1.35. The third kappa shape index (κ3) is 2.59. The van der Waals surface area contributed by atoms with Crippen LogP contribution in [0.5, 0.6) is 0 Å². The van der Waals surface area contributed by atoms with Crippen molar-refractivity contribution >= 4 is 28.2 Å². The Hall–Kier alpha value is -1.93. The summed E-state index contributed by atoms with van der Waals surface area (Å²) in [5.41, 5.74) is 7.83. The number of aryl methyl sites for hydroxylation is 1. The van der Waals surface area contributed by atoms with Crippen molar-refractivity contribution in [3.05, 3.63) is 66.2 Å². The van der Waals surface area contributed by atoms with Gasteiger partial charge in [-0.2, -0.15) is 0 Å². The minimum Gasteiger partial charge on any atom is -0.399 e. The summed E-state index contributed by atoms with van der Waals surface area (Å²) >= 11 is 1.77. The van der Waals surface area contributed by atoms with Crippen LogP contribution in [0.3, 0.4) is 0 Å². The number of benzene rings is 3. The van der Waals surface area contributed by atoms with Gasteiger partial charge in [-0.15, -0.1) is 0 Å². The molecule has 0 heterocycles. The van der Waals surface area contributed by atoms with E-state index in [1.54, 1.807) is 11.8 Å². The van der Waals surface area contributed by atoms with Crippen LogP contribution in [0.4, 0.5) is 5.69 Å². The van der Waals surface area contributed by atoms with Crippen molar-refractivity contribution in [1.29, 1.82) is 0 Å². The Kier molecular flexibility index (Phi) is 3.18. The van der Waals surface area contributed by atoms with Crippen LogP contribution in [0.15, 0.2) is 70.5 Å². The minimum absolute atomic E-state index is 0.850. The summed E-state index contributed by atoms with van der Waals surface area (Å²) in [5, 5.41) is 2.56. The average molecular weight is 265 g/mol. The SMILES string of the molecule is Cc1cc(Sc2ccc3ccccc3c2)ccc1N. The van der Waals surface area contributed by atoms with Crippen molar-refractivity contribution in [2.24, 2.45) is 0 Å². The highest BCUT2D eigenvalue weighted by Gasteiger charge is 2.01. The monoisotopic (exact) mass is 265 g/mol. The fourth-order valence-corrected chi connectivity index (χ4v) is 3.04. The van der Waals surface area contributed by atoms with Crippen LogP contribution >= 0.6 is 11.8 Å². The molecule has 0 saturated heterocycles. The number of nitrogens with two attached hydrogens (primary N) is 1. The van der Waals surface area contributed by atoms with E-state index in [0.29, 0.717) is 0 Å². The first-order valence-electron chi connectivity index (χ1n) is 6.25. The average Bonchev–Trinajstić information content (AvgIpc) is 2.43. The van der Waals surface area contributed by atoms with E-state index in [4.69, 9.17) is 5.73 Å². The van der Waals surface area contributed by atoms with Crippen molar-refractivity contribution in [2.45, 2.75) is 16.7 Å². The molecule has 0 fully saturated rings. The smallest absolute Gasteiger partial charge is 0.0344 e. The van der Waals surface area contributed by atoms with Gasteiger partial charge in [-0.3, -0.25) is 0 Å². The molecule has 3 aromatic rings. The Balaban J connectivity index is 1.94. The van der Waals surface area contributed by atoms with E-state index in [0.717, 1.165) is 11.3 Å². The lowest BCUT2D eigenvalue weighted by atomic mass is 10.1. The standard InChI is InChI=1S/C17H15NS/c1-12-10-15(8-9-17(12)18)19-16-7-6-13-4-2-3-5-14(13)11-16/h2-11H,18H2,1H3. The van der Waals surface area contributed by atoms with Gasteiger partial charge in [0, 0.05) is 15.5 Å². The fraction of sp³-hybridized carbons (Fsp3) is 0.0588. The van der Waals surface area contributed by atoms with Gasteiger partial charge in [-0.05, 0) is 53.6 Å². The first kappa shape index (κ1) is 12.1. The van der Waals surface area contributed by atoms with E-state index in [1.807, 2.05) is 13.0 Å². The molecule has 3 rings (SSSR count). The number of nitrogen functional groups attached to an aromatic ring is 1. The molecule has 0 aliphatic rings. The summed E-state index contributed by atoms with van der Waals surface area (Å²) in [4.78, 5) is 2.48. The van der Waals surface area contributed by atoms with E-state index in [-0.39, 0.29) is 0 Å². The molecule has 0 bridgehead atoms. The van der Waals surface area contributed by atoms with Gasteiger partial charge in [0.1, 0.15) is 0 Å². The van der Waals surface area contributed by atoms with E-state index in [9.17, 15) is 0 Å². The molecule has 0 atom stereocenters. The van der Waals surface area contributed by atoms with E-state index >= 15 is 0 Å². The van der Waals surface area contributed by atoms with Crippen molar-refractivity contribution in [3.63, 3.8) is 0 Å². The molecule has 0 unspecified atom stereocenters. The molecule has 1 nitrogen and oxygen atoms in total. The quantitative estimate of drug-likeness (QED) is 0.668. The van der Waals surface area contributed by atoms with E-state index < -0.39 is 0 Å². The number of hydrogen-bond donors (Lipinski definition) is 1. The van der Waals surface area contributed by atoms with Crippen molar-refractivity contribution in [1.82, 2.24) is 0 Å². The molecule has 3 aromatic carbocycles. The topological polar surface area (TPSA) is 26.0 Å². The molecule has 0 radical (unpaired) electrons. The zero-order valence-electron chi connectivity index (χ0n) is 10.8. The summed E-state index contributed by atoms with van der Waals surface area (Å²) in [5.74, 6) is 0. The lowest BCUT2D eigenvalue weighted by Crippen LogP contribution is -1.88. The Bertz CT molecular complexity index is 734. The third-order valence-corrected chi connectivity index (χ3v) is 4.18. The number of hydrogen-bond acceptors (Lipinski definition) is 2. The molecule has 2 heteroatoms. The first-order valence-corrected chi connectivity index (χ1v) is 7.07. The van der Waals surface area contributed by atoms with Crippen LogP contribution in [0.25, 0.3) is 10.8 Å². The Morgan fingerprint density at radius 1 is 0.789 bits per heavy atom. The van der Waals surface area contributed by atoms with Crippen molar-refractivity contribution < 1.29 is 0 Å². The van der Waals surface area contributed by atoms with Crippen LogP contribution in [-0.2, 0) is 0 Å². The Morgan fingerprint density at radius 2 is 1.47 bits per heavy atom. The first-order chi connectivity index (χ1) is 9.22. The fourth-order valence-electron chi connectivity index (χ4n) is 2.08. The van der Waals surface area contributed by atoms with E-state index in [2.05, 4.69) is 54.6 Å². The largest absolute Gasteiger partial charge is 0.399 e. The van der Waals surface area contributed by atoms with Crippen LogP contribution in [0.2, 0.25) is 0 Å². The molecule has 0 aliphatic carbocycles. The maximum absolute atomic E-state index is 5.85. The molecular weight excluding hydrogens is 250 g/mol. The number of rotatable bonds is 2. The summed E-state index contributed by atoms with van der Waals surface area (Å²) in [7, 11) is 0. The highest BCUT2D eigenvalue weighted by atomic mass is 32.2. The van der Waals surface area contributed by atoms with Crippen LogP contribution in [-0.4, -0.2) is 0 Å². The Labute approximate surface area is 117 Å². The summed E-state index contributed by atoms with van der Waals surface area (Å²) in [6.45, 7) is 2.04. The zero-order valence-corrected chi connectivity index (χ0v) is 11.6. The van der Waals surface area contributed by atoms with Crippen LogP contribution < -0.4 is 5.73 Å². The summed E-state index contributed by atoms with van der Waals surface area (Å²) < 4.78 is 0. The third-order valence-electron chi connectivity index (χ3n) is 3.20. The highest BCUT2D eigenvalue weighted by molar-refractivity contribution is 7.99. The highest BCUT2D eigenvalue weighted by Crippen LogP contribution is 2.31. The second-order valence-electron chi connectivity index (χ2n) is 4.63. The molecule has 0 aliphatic heterocycles. The molecule has 0 spiro atoms. The summed E-state index contributed by atoms with van der Waals surface area (Å²) in [6, 6.07) is 21.2. The predicted octanol–water partition coefficient (Wildman–Crippen LogP) is 4.88. The molecule has 0 amide bonds. The van der Waals surface area contributed by atoms with Crippen LogP contribution in [0, 0.1) is 6.92 Å². The van der Waals surface area contributed by atoms with Gasteiger partial charge < -0.3 is 5.73 Å². The molecule has 0 aromatic heterocycles. The van der Waals surface area contributed by atoms with Gasteiger partial charge in [-0.1, -0.05) is 42.1 Å². The minimum atomic E-state index is 0.850. The van der Waals surface area contributed by atoms with Gasteiger partial charge in [0.15, 0.2) is 0 Å². The Morgan fingerprint density at radius 3 is 2.26 bits per heavy atom. The predicted molar refractivity (Wildman–Crippen MR) is 83.7 cm³/mol. The van der Waals surface area contributed by atoms with Crippen molar-refractivity contribution in [3.8, 4) is 0 Å². The van der Waals surface area contributed by atoms with Gasteiger partial charge in [-0.25, -0.2) is 0 Å². The second kappa shape index (κ2) is 4.98. The number of fused-ring (bicyclic) bond motifs is 1. The molecule has 0 saturated carbocycles. The summed E-state index contributed by atoms with van der Waals surface area (Å²) in [6.07, 6.45) is 0. The van der Waals surface area contributed by atoms with Gasteiger partial charge in [0.25, 0.3) is 0 Å². The van der Waals surface area contributed by atoms with Gasteiger partial charge in [0.2, 0.25) is 0 Å². The maximum atomic E-state index is 5.85.